The van der Waals surface area contributed by atoms with Gasteiger partial charge in [-0.25, -0.2) is 9.19 Å². The summed E-state index contributed by atoms with van der Waals surface area (Å²) < 4.78 is 59.1. The van der Waals surface area contributed by atoms with Crippen molar-refractivity contribution in [2.24, 2.45) is 0 Å². The lowest BCUT2D eigenvalue weighted by atomic mass is 10.0. The number of ether oxygens (including phenoxy) is 1. The number of anilines is 1. The van der Waals surface area contributed by atoms with Gasteiger partial charge in [-0.2, -0.15) is 13.2 Å². The third kappa shape index (κ3) is 5.75. The van der Waals surface area contributed by atoms with E-state index in [-0.39, 0.29) is 22.0 Å². The van der Waals surface area contributed by atoms with E-state index >= 15 is 0 Å². The lowest BCUT2D eigenvalue weighted by molar-refractivity contribution is -0.137. The van der Waals surface area contributed by atoms with E-state index in [4.69, 9.17) is 27.9 Å². The molecule has 1 unspecified atom stereocenters. The molecule has 7 nitrogen and oxygen atoms in total. The monoisotopic (exact) mass is 559 g/mol. The molecule has 0 spiro atoms. The molecule has 0 radical (unpaired) electrons. The Bertz CT molecular complexity index is 1350. The Morgan fingerprint density at radius 1 is 1.11 bits per heavy atom. The zero-order valence-corrected chi connectivity index (χ0v) is 21.3. The van der Waals surface area contributed by atoms with Crippen molar-refractivity contribution in [1.29, 1.82) is 0 Å². The molecule has 13 heteroatoms. The summed E-state index contributed by atoms with van der Waals surface area (Å²) >= 11 is 11.7. The van der Waals surface area contributed by atoms with Crippen LogP contribution in [0.25, 0.3) is 0 Å². The lowest BCUT2D eigenvalue weighted by Crippen LogP contribution is -2.34. The van der Waals surface area contributed by atoms with Gasteiger partial charge in [0.15, 0.2) is 11.0 Å². The largest absolute Gasteiger partial charge is 0.417 e. The van der Waals surface area contributed by atoms with Gasteiger partial charge in [0.2, 0.25) is 5.78 Å². The number of carbonyl (C=O) groups is 2. The highest BCUT2D eigenvalue weighted by Crippen LogP contribution is 2.36. The van der Waals surface area contributed by atoms with Gasteiger partial charge >= 0.3 is 6.18 Å². The Labute approximate surface area is 216 Å². The fourth-order valence-corrected chi connectivity index (χ4v) is 4.77. The van der Waals surface area contributed by atoms with Crippen LogP contribution in [-0.4, -0.2) is 38.9 Å². The van der Waals surface area contributed by atoms with E-state index in [0.29, 0.717) is 17.3 Å². The average Bonchev–Trinajstić information content (AvgIpc) is 2.81. The summed E-state index contributed by atoms with van der Waals surface area (Å²) in [5.74, 6) is -0.582. The van der Waals surface area contributed by atoms with Crippen molar-refractivity contribution in [3.8, 4) is 0 Å². The normalized spacial score (nSPS) is 12.3. The number of hydrogen-bond acceptors (Lipinski definition) is 6. The first-order valence-corrected chi connectivity index (χ1v) is 11.9. The molecular formula is C23H18Cl2F3N3O4S. The van der Waals surface area contributed by atoms with E-state index in [0.717, 1.165) is 16.4 Å². The molecule has 36 heavy (non-hydrogen) atoms. The van der Waals surface area contributed by atoms with Crippen molar-refractivity contribution in [2.45, 2.75) is 20.0 Å². The lowest BCUT2D eigenvalue weighted by Gasteiger charge is -2.24. The fourth-order valence-electron chi connectivity index (χ4n) is 3.34. The summed E-state index contributed by atoms with van der Waals surface area (Å²) in [5.41, 5.74) is -0.820. The Morgan fingerprint density at radius 3 is 2.42 bits per heavy atom. The Hall–Kier alpha value is -2.86. The summed E-state index contributed by atoms with van der Waals surface area (Å²) in [6.45, 7) is 2.85. The van der Waals surface area contributed by atoms with E-state index in [2.05, 4.69) is 9.97 Å². The maximum Gasteiger partial charge on any atom is 0.417 e. The van der Waals surface area contributed by atoms with Gasteiger partial charge in [-0.1, -0.05) is 23.2 Å². The summed E-state index contributed by atoms with van der Waals surface area (Å²) in [6, 6.07) is 5.31. The topological polar surface area (TPSA) is 89.5 Å². The number of pyridine rings is 2. The van der Waals surface area contributed by atoms with Crippen LogP contribution in [0, 0.1) is 13.8 Å². The van der Waals surface area contributed by atoms with Crippen LogP contribution in [-0.2, 0) is 21.9 Å². The van der Waals surface area contributed by atoms with Gasteiger partial charge in [-0.3, -0.25) is 18.9 Å². The van der Waals surface area contributed by atoms with Crippen molar-refractivity contribution < 1.29 is 31.7 Å². The van der Waals surface area contributed by atoms with Crippen LogP contribution < -0.4 is 4.31 Å². The first-order chi connectivity index (χ1) is 16.9. The van der Waals surface area contributed by atoms with E-state index in [9.17, 15) is 27.0 Å². The van der Waals surface area contributed by atoms with Crippen molar-refractivity contribution in [1.82, 2.24) is 9.97 Å². The SMILES string of the molecule is COCN(c1cc(Cl)cnc1C(=O)c1c(C)ccnc1C)S(=O)C(=O)c1ccc(Cl)c(C(F)(F)F)c1. The molecule has 0 saturated carbocycles. The van der Waals surface area contributed by atoms with Gasteiger partial charge in [0.25, 0.3) is 5.12 Å². The van der Waals surface area contributed by atoms with Gasteiger partial charge in [-0.15, -0.1) is 0 Å². The third-order valence-electron chi connectivity index (χ3n) is 5.01. The van der Waals surface area contributed by atoms with E-state index < -0.39 is 50.9 Å². The fraction of sp³-hybridized carbons (Fsp3) is 0.217. The molecule has 3 aromatic rings. The van der Waals surface area contributed by atoms with Crippen LogP contribution >= 0.6 is 23.2 Å². The molecular weight excluding hydrogens is 542 g/mol. The molecule has 1 atom stereocenters. The molecule has 0 fully saturated rings. The van der Waals surface area contributed by atoms with Crippen molar-refractivity contribution in [3.05, 3.63) is 86.4 Å². The van der Waals surface area contributed by atoms with Crippen molar-refractivity contribution in [2.75, 3.05) is 18.1 Å². The number of alkyl halides is 3. The van der Waals surface area contributed by atoms with Gasteiger partial charge < -0.3 is 4.74 Å². The number of methoxy groups -OCH3 is 1. The quantitative estimate of drug-likeness (QED) is 0.278. The van der Waals surface area contributed by atoms with E-state index in [1.54, 1.807) is 19.9 Å². The number of benzene rings is 1. The van der Waals surface area contributed by atoms with Crippen LogP contribution in [0.4, 0.5) is 18.9 Å². The van der Waals surface area contributed by atoms with Gasteiger partial charge in [0, 0.05) is 36.3 Å². The highest BCUT2D eigenvalue weighted by molar-refractivity contribution is 8.02. The van der Waals surface area contributed by atoms with Crippen molar-refractivity contribution >= 4 is 50.8 Å². The number of nitrogens with zero attached hydrogens (tertiary/aromatic N) is 3. The highest BCUT2D eigenvalue weighted by atomic mass is 35.5. The number of aryl methyl sites for hydroxylation is 2. The third-order valence-corrected chi connectivity index (χ3v) is 6.80. The van der Waals surface area contributed by atoms with Gasteiger partial charge in [0.05, 0.1) is 21.3 Å². The minimum atomic E-state index is -4.84. The molecule has 1 aromatic carbocycles. The maximum absolute atomic E-state index is 13.4. The van der Waals surface area contributed by atoms with E-state index in [1.165, 1.54) is 25.6 Å². The smallest absolute Gasteiger partial charge is 0.363 e. The van der Waals surface area contributed by atoms with Gasteiger partial charge in [0.1, 0.15) is 12.4 Å². The Morgan fingerprint density at radius 2 is 1.81 bits per heavy atom. The molecule has 0 aliphatic rings. The summed E-state index contributed by atoms with van der Waals surface area (Å²) in [7, 11) is -1.41. The predicted molar refractivity (Wildman–Crippen MR) is 130 cm³/mol. The van der Waals surface area contributed by atoms with Crippen LogP contribution in [0.2, 0.25) is 10.0 Å². The molecule has 2 heterocycles. The number of aromatic nitrogens is 2. The molecule has 0 aliphatic heterocycles. The van der Waals surface area contributed by atoms with Crippen LogP contribution in [0.5, 0.6) is 0 Å². The number of hydrogen-bond donors (Lipinski definition) is 0. The maximum atomic E-state index is 13.4. The Kier molecular flexibility index (Phi) is 8.50. The molecule has 0 bridgehead atoms. The number of carbonyl (C=O) groups excluding carboxylic acids is 2. The first kappa shape index (κ1) is 27.7. The number of ketones is 1. The summed E-state index contributed by atoms with van der Waals surface area (Å²) in [5, 5.41) is -1.74. The van der Waals surface area contributed by atoms with Crippen LogP contribution in [0.15, 0.2) is 42.7 Å². The second-order valence-electron chi connectivity index (χ2n) is 7.46. The minimum Gasteiger partial charge on any atom is -0.363 e. The second-order valence-corrected chi connectivity index (χ2v) is 9.62. The minimum absolute atomic E-state index is 0.0533. The average molecular weight is 560 g/mol. The standard InChI is InChI=1S/C23H18Cl2F3N3O4S/c1-12-6-7-29-13(2)19(12)21(32)20-18(9-15(24)10-30-20)31(11-35-3)36(34)22(33)14-4-5-17(25)16(8-14)23(26,27)28/h4-10H,11H2,1-3H3. The molecule has 190 valence electrons. The molecule has 0 aliphatic carbocycles. The molecule has 0 amide bonds. The molecule has 3 rings (SSSR count). The number of rotatable bonds is 7. The second kappa shape index (κ2) is 11.0. The number of halogens is 5. The predicted octanol–water partition coefficient (Wildman–Crippen LogP) is 5.56. The Balaban J connectivity index is 2.11. The highest BCUT2D eigenvalue weighted by Gasteiger charge is 2.35. The zero-order chi connectivity index (χ0) is 26.8. The van der Waals surface area contributed by atoms with Crippen molar-refractivity contribution in [3.63, 3.8) is 0 Å². The molecule has 2 aromatic heterocycles. The first-order valence-electron chi connectivity index (χ1n) is 10.1. The van der Waals surface area contributed by atoms with Crippen LogP contribution in [0.1, 0.15) is 43.2 Å². The summed E-state index contributed by atoms with van der Waals surface area (Å²) in [4.78, 5) is 34.7. The zero-order valence-electron chi connectivity index (χ0n) is 19.0. The van der Waals surface area contributed by atoms with E-state index in [1.807, 2.05) is 0 Å². The van der Waals surface area contributed by atoms with Crippen LogP contribution in [0.3, 0.4) is 0 Å². The molecule has 0 N–H and O–H groups in total. The summed E-state index contributed by atoms with van der Waals surface area (Å²) in [6.07, 6.45) is -2.11. The van der Waals surface area contributed by atoms with Gasteiger partial charge in [-0.05, 0) is 49.7 Å². The molecule has 0 saturated heterocycles.